The number of amides is 1. The molecule has 6 heteroatoms. The van der Waals surface area contributed by atoms with E-state index in [1.807, 2.05) is 17.5 Å². The van der Waals surface area contributed by atoms with Crippen molar-refractivity contribution in [3.8, 4) is 17.0 Å². The van der Waals surface area contributed by atoms with Gasteiger partial charge in [-0.2, -0.15) is 0 Å². The van der Waals surface area contributed by atoms with Gasteiger partial charge >= 0.3 is 0 Å². The standard InChI is InChI=1S/C18H13ClN2O2S/c19-14-3-1-2-13(9-14)17(22)21-18-20-15(10-24-18)11-4-5-16-12(8-11)6-7-23-16/h1-5,8-10H,6-7H2,(H,20,21,22). The second kappa shape index (κ2) is 6.26. The van der Waals surface area contributed by atoms with Crippen molar-refractivity contribution >= 4 is 34.0 Å². The summed E-state index contributed by atoms with van der Waals surface area (Å²) in [5.74, 6) is 0.726. The number of carbonyl (C=O) groups excluding carboxylic acids is 1. The van der Waals surface area contributed by atoms with Crippen molar-refractivity contribution in [1.82, 2.24) is 4.98 Å². The maximum atomic E-state index is 12.2. The number of aromatic nitrogens is 1. The van der Waals surface area contributed by atoms with E-state index in [9.17, 15) is 4.79 Å². The summed E-state index contributed by atoms with van der Waals surface area (Å²) < 4.78 is 5.52. The first-order valence-corrected chi connectivity index (χ1v) is 8.73. The lowest BCUT2D eigenvalue weighted by molar-refractivity contribution is 0.102. The van der Waals surface area contributed by atoms with Crippen LogP contribution in [-0.4, -0.2) is 17.5 Å². The molecule has 0 radical (unpaired) electrons. The van der Waals surface area contributed by atoms with Gasteiger partial charge in [-0.1, -0.05) is 17.7 Å². The van der Waals surface area contributed by atoms with E-state index >= 15 is 0 Å². The smallest absolute Gasteiger partial charge is 0.257 e. The Morgan fingerprint density at radius 1 is 1.25 bits per heavy atom. The van der Waals surface area contributed by atoms with E-state index in [0.717, 1.165) is 30.0 Å². The summed E-state index contributed by atoms with van der Waals surface area (Å²) in [6.07, 6.45) is 0.922. The molecular weight excluding hydrogens is 344 g/mol. The van der Waals surface area contributed by atoms with Crippen molar-refractivity contribution in [3.63, 3.8) is 0 Å². The summed E-state index contributed by atoms with van der Waals surface area (Å²) >= 11 is 7.32. The Labute approximate surface area is 148 Å². The largest absolute Gasteiger partial charge is 0.493 e. The number of rotatable bonds is 3. The van der Waals surface area contributed by atoms with Gasteiger partial charge in [0.25, 0.3) is 5.91 Å². The van der Waals surface area contributed by atoms with E-state index in [4.69, 9.17) is 16.3 Å². The summed E-state index contributed by atoms with van der Waals surface area (Å²) in [7, 11) is 0. The van der Waals surface area contributed by atoms with Gasteiger partial charge in [0, 0.05) is 28.0 Å². The van der Waals surface area contributed by atoms with E-state index in [-0.39, 0.29) is 5.91 Å². The molecule has 0 bridgehead atoms. The van der Waals surface area contributed by atoms with Gasteiger partial charge in [0.05, 0.1) is 12.3 Å². The van der Waals surface area contributed by atoms with E-state index in [2.05, 4.69) is 16.4 Å². The van der Waals surface area contributed by atoms with Gasteiger partial charge < -0.3 is 4.74 Å². The fraction of sp³-hybridized carbons (Fsp3) is 0.111. The molecule has 1 aromatic heterocycles. The Morgan fingerprint density at radius 2 is 2.17 bits per heavy atom. The highest BCUT2D eigenvalue weighted by Crippen LogP contribution is 2.32. The third-order valence-electron chi connectivity index (χ3n) is 3.80. The molecule has 0 fully saturated rings. The molecule has 0 saturated heterocycles. The predicted octanol–water partition coefficient (Wildman–Crippen LogP) is 4.65. The molecule has 1 aliphatic rings. The molecule has 3 aromatic rings. The molecule has 0 atom stereocenters. The quantitative estimate of drug-likeness (QED) is 0.743. The second-order valence-corrected chi connectivity index (χ2v) is 6.72. The summed E-state index contributed by atoms with van der Waals surface area (Å²) in [5, 5.41) is 5.84. The summed E-state index contributed by atoms with van der Waals surface area (Å²) in [5.41, 5.74) is 3.58. The molecule has 24 heavy (non-hydrogen) atoms. The van der Waals surface area contributed by atoms with Crippen LogP contribution >= 0.6 is 22.9 Å². The molecule has 4 rings (SSSR count). The summed E-state index contributed by atoms with van der Waals surface area (Å²) in [6, 6.07) is 12.9. The van der Waals surface area contributed by atoms with Crippen molar-refractivity contribution in [2.75, 3.05) is 11.9 Å². The molecule has 2 heterocycles. The SMILES string of the molecule is O=C(Nc1nc(-c2ccc3c(c2)CCO3)cs1)c1cccc(Cl)c1. The molecule has 0 unspecified atom stereocenters. The Morgan fingerprint density at radius 3 is 3.04 bits per heavy atom. The van der Waals surface area contributed by atoms with E-state index < -0.39 is 0 Å². The first-order chi connectivity index (χ1) is 11.7. The Kier molecular flexibility index (Phi) is 3.96. The van der Waals surface area contributed by atoms with Gasteiger partial charge in [0.15, 0.2) is 5.13 Å². The highest BCUT2D eigenvalue weighted by molar-refractivity contribution is 7.14. The zero-order chi connectivity index (χ0) is 16.5. The van der Waals surface area contributed by atoms with Gasteiger partial charge in [-0.3, -0.25) is 10.1 Å². The van der Waals surface area contributed by atoms with Crippen LogP contribution in [0.1, 0.15) is 15.9 Å². The molecule has 0 saturated carbocycles. The van der Waals surface area contributed by atoms with Crippen molar-refractivity contribution < 1.29 is 9.53 Å². The van der Waals surface area contributed by atoms with E-state index in [1.54, 1.807) is 24.3 Å². The first-order valence-electron chi connectivity index (χ1n) is 7.47. The van der Waals surface area contributed by atoms with Gasteiger partial charge in [-0.05, 0) is 42.0 Å². The van der Waals surface area contributed by atoms with Crippen LogP contribution in [0.4, 0.5) is 5.13 Å². The number of fused-ring (bicyclic) bond motifs is 1. The van der Waals surface area contributed by atoms with Gasteiger partial charge in [-0.15, -0.1) is 11.3 Å². The number of hydrogen-bond donors (Lipinski definition) is 1. The highest BCUT2D eigenvalue weighted by Gasteiger charge is 2.15. The molecule has 4 nitrogen and oxygen atoms in total. The molecule has 0 spiro atoms. The molecule has 0 aliphatic carbocycles. The van der Waals surface area contributed by atoms with Crippen molar-refractivity contribution in [2.24, 2.45) is 0 Å². The molecule has 2 aromatic carbocycles. The van der Waals surface area contributed by atoms with Crippen molar-refractivity contribution in [2.45, 2.75) is 6.42 Å². The van der Waals surface area contributed by atoms with Crippen LogP contribution in [0.3, 0.4) is 0 Å². The van der Waals surface area contributed by atoms with E-state index in [1.165, 1.54) is 16.9 Å². The summed E-state index contributed by atoms with van der Waals surface area (Å²) in [4.78, 5) is 16.8. The minimum atomic E-state index is -0.222. The zero-order valence-electron chi connectivity index (χ0n) is 12.6. The number of hydrogen-bond acceptors (Lipinski definition) is 4. The van der Waals surface area contributed by atoms with Crippen LogP contribution < -0.4 is 10.1 Å². The molecular formula is C18H13ClN2O2S. The monoisotopic (exact) mass is 356 g/mol. The van der Waals surface area contributed by atoms with Gasteiger partial charge in [-0.25, -0.2) is 4.98 Å². The maximum absolute atomic E-state index is 12.2. The minimum Gasteiger partial charge on any atom is -0.493 e. The average Bonchev–Trinajstić information content (AvgIpc) is 3.23. The fourth-order valence-electron chi connectivity index (χ4n) is 2.61. The van der Waals surface area contributed by atoms with Crippen LogP contribution in [0.2, 0.25) is 5.02 Å². The van der Waals surface area contributed by atoms with Crippen LogP contribution in [0.5, 0.6) is 5.75 Å². The maximum Gasteiger partial charge on any atom is 0.257 e. The predicted molar refractivity (Wildman–Crippen MR) is 96.2 cm³/mol. The van der Waals surface area contributed by atoms with Gasteiger partial charge in [0.1, 0.15) is 5.75 Å². The number of benzene rings is 2. The fourth-order valence-corrected chi connectivity index (χ4v) is 3.51. The summed E-state index contributed by atoms with van der Waals surface area (Å²) in [6.45, 7) is 0.733. The third-order valence-corrected chi connectivity index (χ3v) is 4.79. The minimum absolute atomic E-state index is 0.222. The van der Waals surface area contributed by atoms with Crippen LogP contribution in [-0.2, 0) is 6.42 Å². The average molecular weight is 357 g/mol. The number of ether oxygens (including phenoxy) is 1. The Bertz CT molecular complexity index is 923. The molecule has 1 N–H and O–H groups in total. The van der Waals surface area contributed by atoms with Crippen molar-refractivity contribution in [1.29, 1.82) is 0 Å². The molecule has 120 valence electrons. The van der Waals surface area contributed by atoms with Crippen LogP contribution in [0.25, 0.3) is 11.3 Å². The Balaban J connectivity index is 1.53. The number of nitrogens with one attached hydrogen (secondary N) is 1. The topological polar surface area (TPSA) is 51.2 Å². The molecule has 1 amide bonds. The normalized spacial score (nSPS) is 12.5. The van der Waals surface area contributed by atoms with E-state index in [0.29, 0.717) is 15.7 Å². The van der Waals surface area contributed by atoms with Gasteiger partial charge in [0.2, 0.25) is 0 Å². The van der Waals surface area contributed by atoms with Crippen LogP contribution in [0.15, 0.2) is 47.8 Å². The second-order valence-electron chi connectivity index (χ2n) is 5.42. The number of carbonyl (C=O) groups is 1. The molecule has 1 aliphatic heterocycles. The van der Waals surface area contributed by atoms with Crippen molar-refractivity contribution in [3.05, 3.63) is 64.0 Å². The van der Waals surface area contributed by atoms with Crippen LogP contribution in [0, 0.1) is 0 Å². The lowest BCUT2D eigenvalue weighted by Gasteiger charge is -2.03. The number of halogens is 1. The lowest BCUT2D eigenvalue weighted by atomic mass is 10.1. The highest BCUT2D eigenvalue weighted by atomic mass is 35.5. The number of anilines is 1. The first kappa shape index (κ1) is 15.2. The third kappa shape index (κ3) is 3.00. The number of thiazole rings is 1. The lowest BCUT2D eigenvalue weighted by Crippen LogP contribution is -2.11. The zero-order valence-corrected chi connectivity index (χ0v) is 14.2. The number of nitrogens with zero attached hydrogens (tertiary/aromatic N) is 1. The Hall–Kier alpha value is -2.37.